The summed E-state index contributed by atoms with van der Waals surface area (Å²) in [6.07, 6.45) is 3.04. The molecule has 0 spiro atoms. The van der Waals surface area contributed by atoms with E-state index in [0.717, 1.165) is 18.5 Å². The van der Waals surface area contributed by atoms with Crippen LogP contribution < -0.4 is 0 Å². The van der Waals surface area contributed by atoms with Crippen molar-refractivity contribution in [2.24, 2.45) is 7.05 Å². The molecule has 1 aromatic rings. The van der Waals surface area contributed by atoms with E-state index in [1.807, 2.05) is 13.0 Å². The van der Waals surface area contributed by atoms with E-state index >= 15 is 0 Å². The second kappa shape index (κ2) is 4.47. The molecule has 88 valence electrons. The molecule has 1 unspecified atom stereocenters. The molecule has 1 aliphatic rings. The summed E-state index contributed by atoms with van der Waals surface area (Å²) in [5, 5.41) is 14.8. The van der Waals surface area contributed by atoms with Gasteiger partial charge in [0.15, 0.2) is 0 Å². The van der Waals surface area contributed by atoms with E-state index in [4.69, 9.17) is 16.3 Å². The zero-order valence-corrected chi connectivity index (χ0v) is 10.2. The van der Waals surface area contributed by atoms with Crippen LogP contribution >= 0.6 is 11.6 Å². The van der Waals surface area contributed by atoms with Crippen LogP contribution in [0.15, 0.2) is 11.8 Å². The number of hydrogen-bond acceptors (Lipinski definition) is 3. The average Bonchev–Trinajstić information content (AvgIpc) is 2.54. The highest BCUT2D eigenvalue weighted by atomic mass is 35.5. The van der Waals surface area contributed by atoms with Crippen LogP contribution in [0.3, 0.4) is 0 Å². The highest BCUT2D eigenvalue weighted by Gasteiger charge is 2.24. The summed E-state index contributed by atoms with van der Waals surface area (Å²) in [6.45, 7) is 2.48. The van der Waals surface area contributed by atoms with E-state index in [0.29, 0.717) is 23.1 Å². The van der Waals surface area contributed by atoms with E-state index in [-0.39, 0.29) is 0 Å². The SMILES string of the molecule is Cc1nn(C)c(Cl)c1C(O)C1=CCCCO1. The van der Waals surface area contributed by atoms with Crippen LogP contribution in [0.2, 0.25) is 5.15 Å². The third kappa shape index (κ3) is 1.95. The summed E-state index contributed by atoms with van der Waals surface area (Å²) < 4.78 is 6.98. The van der Waals surface area contributed by atoms with Gasteiger partial charge in [-0.25, -0.2) is 0 Å². The molecule has 0 fully saturated rings. The van der Waals surface area contributed by atoms with Crippen molar-refractivity contribution in [1.82, 2.24) is 9.78 Å². The Morgan fingerprint density at radius 2 is 2.38 bits per heavy atom. The lowest BCUT2D eigenvalue weighted by Crippen LogP contribution is -2.10. The quantitative estimate of drug-likeness (QED) is 0.864. The average molecular weight is 243 g/mol. The highest BCUT2D eigenvalue weighted by Crippen LogP contribution is 2.32. The Hall–Kier alpha value is -1.00. The molecule has 1 atom stereocenters. The fourth-order valence-corrected chi connectivity index (χ4v) is 2.14. The lowest BCUT2D eigenvalue weighted by atomic mass is 10.1. The molecule has 0 saturated carbocycles. The van der Waals surface area contributed by atoms with Crippen molar-refractivity contribution in [2.75, 3.05) is 6.61 Å². The molecule has 16 heavy (non-hydrogen) atoms. The van der Waals surface area contributed by atoms with Gasteiger partial charge < -0.3 is 9.84 Å². The maximum absolute atomic E-state index is 10.2. The molecule has 0 aliphatic carbocycles. The van der Waals surface area contributed by atoms with Gasteiger partial charge in [0.25, 0.3) is 0 Å². The Labute approximate surface area is 99.5 Å². The third-order valence-corrected chi connectivity index (χ3v) is 3.15. The zero-order chi connectivity index (χ0) is 11.7. The number of allylic oxidation sites excluding steroid dienone is 1. The summed E-state index contributed by atoms with van der Waals surface area (Å²) in [7, 11) is 1.75. The van der Waals surface area contributed by atoms with Gasteiger partial charge in [-0.05, 0) is 25.8 Å². The van der Waals surface area contributed by atoms with Crippen LogP contribution in [0.1, 0.15) is 30.2 Å². The number of nitrogens with zero attached hydrogens (tertiary/aromatic N) is 2. The largest absolute Gasteiger partial charge is 0.495 e. The molecule has 5 heteroatoms. The minimum Gasteiger partial charge on any atom is -0.495 e. The Morgan fingerprint density at radius 1 is 1.62 bits per heavy atom. The molecule has 1 aromatic heterocycles. The minimum absolute atomic E-state index is 0.458. The van der Waals surface area contributed by atoms with Gasteiger partial charge >= 0.3 is 0 Å². The summed E-state index contributed by atoms with van der Waals surface area (Å²) in [5.74, 6) is 0.587. The van der Waals surface area contributed by atoms with E-state index in [2.05, 4.69) is 5.10 Å². The summed E-state index contributed by atoms with van der Waals surface area (Å²) in [4.78, 5) is 0. The van der Waals surface area contributed by atoms with E-state index in [1.165, 1.54) is 0 Å². The zero-order valence-electron chi connectivity index (χ0n) is 9.40. The van der Waals surface area contributed by atoms with Gasteiger partial charge in [0.1, 0.15) is 17.0 Å². The predicted octanol–water partition coefficient (Wildman–Crippen LogP) is 2.11. The normalized spacial score (nSPS) is 17.9. The Kier molecular flexibility index (Phi) is 3.21. The van der Waals surface area contributed by atoms with Crippen molar-refractivity contribution in [3.63, 3.8) is 0 Å². The molecule has 0 radical (unpaired) electrons. The van der Waals surface area contributed by atoms with E-state index in [9.17, 15) is 5.11 Å². The Morgan fingerprint density at radius 3 is 2.88 bits per heavy atom. The molecule has 2 rings (SSSR count). The summed E-state index contributed by atoms with van der Waals surface area (Å²) >= 11 is 6.09. The second-order valence-corrected chi connectivity index (χ2v) is 4.27. The van der Waals surface area contributed by atoms with Gasteiger partial charge in [-0.2, -0.15) is 5.10 Å². The number of hydrogen-bond donors (Lipinski definition) is 1. The van der Waals surface area contributed by atoms with Crippen molar-refractivity contribution in [1.29, 1.82) is 0 Å². The predicted molar refractivity (Wildman–Crippen MR) is 61.2 cm³/mol. The van der Waals surface area contributed by atoms with Crippen LogP contribution in [0.4, 0.5) is 0 Å². The first-order valence-electron chi connectivity index (χ1n) is 5.31. The fraction of sp³-hybridized carbons (Fsp3) is 0.545. The van der Waals surface area contributed by atoms with Crippen LogP contribution in [0.5, 0.6) is 0 Å². The molecule has 2 heterocycles. The molecular weight excluding hydrogens is 228 g/mol. The number of aliphatic hydroxyl groups excluding tert-OH is 1. The van der Waals surface area contributed by atoms with Crippen LogP contribution in [0.25, 0.3) is 0 Å². The van der Waals surface area contributed by atoms with Crippen LogP contribution in [-0.4, -0.2) is 21.5 Å². The maximum Gasteiger partial charge on any atom is 0.140 e. The lowest BCUT2D eigenvalue weighted by Gasteiger charge is -2.19. The van der Waals surface area contributed by atoms with Crippen molar-refractivity contribution in [3.8, 4) is 0 Å². The maximum atomic E-state index is 10.2. The molecule has 0 aromatic carbocycles. The molecule has 1 N–H and O–H groups in total. The van der Waals surface area contributed by atoms with Crippen molar-refractivity contribution >= 4 is 11.6 Å². The van der Waals surface area contributed by atoms with Gasteiger partial charge in [0.2, 0.25) is 0 Å². The van der Waals surface area contributed by atoms with Gasteiger partial charge in [-0.15, -0.1) is 0 Å². The molecular formula is C11H15ClN2O2. The first-order valence-corrected chi connectivity index (χ1v) is 5.69. The molecule has 4 nitrogen and oxygen atoms in total. The van der Waals surface area contributed by atoms with Gasteiger partial charge in [-0.3, -0.25) is 4.68 Å². The Bertz CT molecular complexity index is 426. The molecule has 0 saturated heterocycles. The third-order valence-electron chi connectivity index (χ3n) is 2.70. The van der Waals surface area contributed by atoms with Crippen molar-refractivity contribution in [3.05, 3.63) is 28.2 Å². The monoisotopic (exact) mass is 242 g/mol. The minimum atomic E-state index is -0.804. The van der Waals surface area contributed by atoms with Crippen LogP contribution in [0, 0.1) is 6.92 Å². The lowest BCUT2D eigenvalue weighted by molar-refractivity contribution is 0.0915. The number of aryl methyl sites for hydroxylation is 2. The summed E-state index contributed by atoms with van der Waals surface area (Å²) in [5.41, 5.74) is 1.37. The van der Waals surface area contributed by atoms with Crippen molar-refractivity contribution < 1.29 is 9.84 Å². The molecule has 0 amide bonds. The second-order valence-electron chi connectivity index (χ2n) is 3.91. The number of rotatable bonds is 2. The summed E-state index contributed by atoms with van der Waals surface area (Å²) in [6, 6.07) is 0. The first-order chi connectivity index (χ1) is 7.61. The first kappa shape index (κ1) is 11.5. The van der Waals surface area contributed by atoms with E-state index in [1.54, 1.807) is 11.7 Å². The number of aromatic nitrogens is 2. The topological polar surface area (TPSA) is 47.3 Å². The number of halogens is 1. The van der Waals surface area contributed by atoms with Gasteiger partial charge in [0.05, 0.1) is 12.3 Å². The van der Waals surface area contributed by atoms with Crippen molar-refractivity contribution in [2.45, 2.75) is 25.9 Å². The molecule has 1 aliphatic heterocycles. The van der Waals surface area contributed by atoms with Gasteiger partial charge in [0, 0.05) is 12.6 Å². The number of ether oxygens (including phenoxy) is 1. The standard InChI is InChI=1S/C11H15ClN2O2/c1-7-9(11(12)14(2)13-7)10(15)8-5-3-4-6-16-8/h5,10,15H,3-4,6H2,1-2H3. The smallest absolute Gasteiger partial charge is 0.140 e. The van der Waals surface area contributed by atoms with E-state index < -0.39 is 6.10 Å². The Balaban J connectivity index is 2.32. The molecule has 0 bridgehead atoms. The highest BCUT2D eigenvalue weighted by molar-refractivity contribution is 6.30. The fourth-order valence-electron chi connectivity index (χ4n) is 1.87. The van der Waals surface area contributed by atoms with Gasteiger partial charge in [-0.1, -0.05) is 11.6 Å². The van der Waals surface area contributed by atoms with Crippen LogP contribution in [-0.2, 0) is 11.8 Å². The number of aliphatic hydroxyl groups is 1.